The SMILES string of the molecule is Brc1cc(CNCCc2c[nH]c3ccccc23)sc1Br. The summed E-state index contributed by atoms with van der Waals surface area (Å²) in [5, 5.41) is 4.83. The monoisotopic (exact) mass is 412 g/mol. The van der Waals surface area contributed by atoms with Gasteiger partial charge in [-0.15, -0.1) is 11.3 Å². The predicted molar refractivity (Wildman–Crippen MR) is 93.4 cm³/mol. The van der Waals surface area contributed by atoms with Crippen molar-refractivity contribution >= 4 is 54.1 Å². The maximum Gasteiger partial charge on any atom is 0.0843 e. The fraction of sp³-hybridized carbons (Fsp3) is 0.200. The van der Waals surface area contributed by atoms with Crippen LogP contribution in [0, 0.1) is 0 Å². The van der Waals surface area contributed by atoms with Crippen LogP contribution in [0.15, 0.2) is 44.8 Å². The Labute approximate surface area is 138 Å². The van der Waals surface area contributed by atoms with Crippen molar-refractivity contribution in [3.8, 4) is 0 Å². The van der Waals surface area contributed by atoms with Crippen LogP contribution in [0.3, 0.4) is 0 Å². The molecule has 0 saturated heterocycles. The third-order valence-electron chi connectivity index (χ3n) is 3.24. The molecule has 0 aliphatic carbocycles. The van der Waals surface area contributed by atoms with Crippen molar-refractivity contribution in [2.24, 2.45) is 0 Å². The minimum Gasteiger partial charge on any atom is -0.361 e. The second-order valence-corrected chi connectivity index (χ2v) is 7.93. The number of nitrogens with one attached hydrogen (secondary N) is 2. The largest absolute Gasteiger partial charge is 0.361 e. The zero-order valence-electron chi connectivity index (χ0n) is 10.7. The van der Waals surface area contributed by atoms with Crippen LogP contribution in [-0.2, 0) is 13.0 Å². The summed E-state index contributed by atoms with van der Waals surface area (Å²) < 4.78 is 2.29. The van der Waals surface area contributed by atoms with Crippen LogP contribution in [0.2, 0.25) is 0 Å². The summed E-state index contributed by atoms with van der Waals surface area (Å²) in [7, 11) is 0. The Balaban J connectivity index is 1.55. The second kappa shape index (κ2) is 6.43. The number of H-pyrrole nitrogens is 1. The molecule has 0 spiro atoms. The molecule has 0 radical (unpaired) electrons. The smallest absolute Gasteiger partial charge is 0.0843 e. The van der Waals surface area contributed by atoms with Gasteiger partial charge in [0.25, 0.3) is 0 Å². The first-order valence-corrected chi connectivity index (χ1v) is 8.83. The predicted octanol–water partition coefficient (Wildman–Crippen LogP) is 5.09. The lowest BCUT2D eigenvalue weighted by atomic mass is 10.1. The van der Waals surface area contributed by atoms with Crippen LogP contribution in [0.5, 0.6) is 0 Å². The zero-order chi connectivity index (χ0) is 13.9. The second-order valence-electron chi connectivity index (χ2n) is 4.62. The summed E-state index contributed by atoms with van der Waals surface area (Å²) in [4.78, 5) is 4.66. The number of thiophene rings is 1. The van der Waals surface area contributed by atoms with Crippen molar-refractivity contribution in [3.05, 3.63) is 55.2 Å². The van der Waals surface area contributed by atoms with E-state index in [1.807, 2.05) is 0 Å². The van der Waals surface area contributed by atoms with Gasteiger partial charge >= 0.3 is 0 Å². The van der Waals surface area contributed by atoms with Gasteiger partial charge in [-0.1, -0.05) is 18.2 Å². The number of fused-ring (bicyclic) bond motifs is 1. The number of rotatable bonds is 5. The van der Waals surface area contributed by atoms with E-state index in [1.54, 1.807) is 11.3 Å². The third kappa shape index (κ3) is 3.17. The molecule has 0 saturated carbocycles. The lowest BCUT2D eigenvalue weighted by Crippen LogP contribution is -2.15. The van der Waals surface area contributed by atoms with Gasteiger partial charge in [0.05, 0.1) is 3.79 Å². The van der Waals surface area contributed by atoms with Gasteiger partial charge in [0.2, 0.25) is 0 Å². The van der Waals surface area contributed by atoms with Crippen LogP contribution in [-0.4, -0.2) is 11.5 Å². The third-order valence-corrected chi connectivity index (χ3v) is 6.50. The molecule has 20 heavy (non-hydrogen) atoms. The van der Waals surface area contributed by atoms with Crippen molar-refractivity contribution in [3.63, 3.8) is 0 Å². The summed E-state index contributed by atoms with van der Waals surface area (Å²) in [5.41, 5.74) is 2.59. The van der Waals surface area contributed by atoms with E-state index in [1.165, 1.54) is 21.3 Å². The Morgan fingerprint density at radius 2 is 2.05 bits per heavy atom. The molecule has 1 aromatic carbocycles. The van der Waals surface area contributed by atoms with E-state index in [2.05, 4.69) is 78.7 Å². The molecule has 3 rings (SSSR count). The lowest BCUT2D eigenvalue weighted by Gasteiger charge is -2.02. The Bertz CT molecular complexity index is 698. The van der Waals surface area contributed by atoms with E-state index in [4.69, 9.17) is 0 Å². The number of benzene rings is 1. The van der Waals surface area contributed by atoms with Crippen LogP contribution >= 0.6 is 43.2 Å². The van der Waals surface area contributed by atoms with Crippen molar-refractivity contribution < 1.29 is 0 Å². The Morgan fingerprint density at radius 3 is 2.85 bits per heavy atom. The van der Waals surface area contributed by atoms with Crippen molar-refractivity contribution in [2.75, 3.05) is 6.54 Å². The van der Waals surface area contributed by atoms with Crippen molar-refractivity contribution in [1.29, 1.82) is 0 Å². The molecule has 2 nitrogen and oxygen atoms in total. The molecule has 104 valence electrons. The molecule has 0 fully saturated rings. The molecule has 5 heteroatoms. The van der Waals surface area contributed by atoms with E-state index in [0.717, 1.165) is 27.8 Å². The highest BCUT2D eigenvalue weighted by Gasteiger charge is 2.05. The van der Waals surface area contributed by atoms with Crippen molar-refractivity contribution in [1.82, 2.24) is 10.3 Å². The normalized spacial score (nSPS) is 11.3. The first kappa shape index (κ1) is 14.3. The minimum absolute atomic E-state index is 0.914. The molecule has 3 aromatic rings. The van der Waals surface area contributed by atoms with Crippen LogP contribution in [0.4, 0.5) is 0 Å². The highest BCUT2D eigenvalue weighted by molar-refractivity contribution is 9.13. The van der Waals surface area contributed by atoms with Gasteiger partial charge in [0.1, 0.15) is 0 Å². The molecule has 2 aromatic heterocycles. The van der Waals surface area contributed by atoms with E-state index in [0.29, 0.717) is 0 Å². The molecule has 0 aliphatic rings. The average Bonchev–Trinajstić information content (AvgIpc) is 3.00. The van der Waals surface area contributed by atoms with Crippen LogP contribution in [0.25, 0.3) is 10.9 Å². The van der Waals surface area contributed by atoms with Gasteiger partial charge in [0.15, 0.2) is 0 Å². The number of para-hydroxylation sites is 1. The topological polar surface area (TPSA) is 27.8 Å². The van der Waals surface area contributed by atoms with E-state index in [-0.39, 0.29) is 0 Å². The Hall–Kier alpha value is -0.620. The molecule has 2 heterocycles. The number of aromatic nitrogens is 1. The molecule has 0 aliphatic heterocycles. The number of hydrogen-bond donors (Lipinski definition) is 2. The molecular formula is C15H14Br2N2S. The quantitative estimate of drug-likeness (QED) is 0.560. The summed E-state index contributed by atoms with van der Waals surface area (Å²) in [5.74, 6) is 0. The zero-order valence-corrected chi connectivity index (χ0v) is 14.7. The highest BCUT2D eigenvalue weighted by Crippen LogP contribution is 2.32. The summed E-state index contributed by atoms with van der Waals surface area (Å²) in [6, 6.07) is 10.6. The van der Waals surface area contributed by atoms with E-state index in [9.17, 15) is 0 Å². The maximum atomic E-state index is 3.52. The lowest BCUT2D eigenvalue weighted by molar-refractivity contribution is 0.695. The molecular weight excluding hydrogens is 400 g/mol. The number of hydrogen-bond acceptors (Lipinski definition) is 2. The fourth-order valence-corrected chi connectivity index (χ4v) is 4.40. The molecule has 0 unspecified atom stereocenters. The number of aromatic amines is 1. The van der Waals surface area contributed by atoms with Gasteiger partial charge in [-0.05, 0) is 62.5 Å². The average molecular weight is 414 g/mol. The summed E-state index contributed by atoms with van der Waals surface area (Å²) in [6.45, 7) is 1.90. The Morgan fingerprint density at radius 1 is 1.20 bits per heavy atom. The van der Waals surface area contributed by atoms with E-state index >= 15 is 0 Å². The first-order chi connectivity index (χ1) is 9.74. The summed E-state index contributed by atoms with van der Waals surface area (Å²) in [6.07, 6.45) is 3.16. The molecule has 0 bridgehead atoms. The van der Waals surface area contributed by atoms with Crippen molar-refractivity contribution in [2.45, 2.75) is 13.0 Å². The first-order valence-electron chi connectivity index (χ1n) is 6.43. The maximum absolute atomic E-state index is 3.52. The molecule has 0 amide bonds. The van der Waals surface area contributed by atoms with Gasteiger partial charge < -0.3 is 10.3 Å². The van der Waals surface area contributed by atoms with Crippen LogP contribution < -0.4 is 5.32 Å². The summed E-state index contributed by atoms with van der Waals surface area (Å²) >= 11 is 8.80. The fourth-order valence-electron chi connectivity index (χ4n) is 2.25. The minimum atomic E-state index is 0.914. The number of halogens is 2. The molecule has 0 atom stereocenters. The molecule has 2 N–H and O–H groups in total. The standard InChI is InChI=1S/C15H14Br2N2S/c16-13-7-11(20-15(13)17)9-18-6-5-10-8-19-14-4-2-1-3-12(10)14/h1-4,7-8,18-19H,5-6,9H2. The van der Waals surface area contributed by atoms with Gasteiger partial charge in [-0.25, -0.2) is 0 Å². The van der Waals surface area contributed by atoms with E-state index < -0.39 is 0 Å². The Kier molecular flexibility index (Phi) is 4.61. The highest BCUT2D eigenvalue weighted by atomic mass is 79.9. The van der Waals surface area contributed by atoms with Gasteiger partial charge in [0, 0.05) is 33.0 Å². The van der Waals surface area contributed by atoms with Gasteiger partial charge in [-0.3, -0.25) is 0 Å². The van der Waals surface area contributed by atoms with Gasteiger partial charge in [-0.2, -0.15) is 0 Å². The van der Waals surface area contributed by atoms with Crippen LogP contribution in [0.1, 0.15) is 10.4 Å².